The van der Waals surface area contributed by atoms with E-state index in [0.29, 0.717) is 11.7 Å². The van der Waals surface area contributed by atoms with Crippen LogP contribution in [0, 0.1) is 17.6 Å². The quantitative estimate of drug-likeness (QED) is 0.435. The van der Waals surface area contributed by atoms with Crippen LogP contribution in [-0.4, -0.2) is 12.0 Å². The van der Waals surface area contributed by atoms with Gasteiger partial charge in [0.25, 0.3) is 0 Å². The van der Waals surface area contributed by atoms with E-state index in [9.17, 15) is 8.78 Å². The second-order valence-electron chi connectivity index (χ2n) is 7.94. The molecule has 4 rings (SSSR count). The Morgan fingerprint density at radius 3 is 2.63 bits per heavy atom. The number of anilines is 1. The largest absolute Gasteiger partial charge is 0.374 e. The molecule has 1 aliphatic heterocycles. The molecule has 1 aliphatic rings. The lowest BCUT2D eigenvalue weighted by atomic mass is 9.81. The second kappa shape index (κ2) is 8.38. The number of aromatic amines is 1. The van der Waals surface area contributed by atoms with Crippen molar-refractivity contribution in [3.8, 4) is 0 Å². The Kier molecular flexibility index (Phi) is 5.66. The summed E-state index contributed by atoms with van der Waals surface area (Å²) < 4.78 is 28.9. The molecule has 0 radical (unpaired) electrons. The third-order valence-electron chi connectivity index (χ3n) is 6.03. The Balaban J connectivity index is 1.98. The van der Waals surface area contributed by atoms with E-state index in [0.717, 1.165) is 41.3 Å². The van der Waals surface area contributed by atoms with Crippen molar-refractivity contribution in [2.45, 2.75) is 38.6 Å². The summed E-state index contributed by atoms with van der Waals surface area (Å²) in [4.78, 5) is 3.21. The van der Waals surface area contributed by atoms with Gasteiger partial charge in [-0.3, -0.25) is 0 Å². The minimum Gasteiger partial charge on any atom is -0.374 e. The van der Waals surface area contributed by atoms with Crippen molar-refractivity contribution in [2.75, 3.05) is 12.4 Å². The van der Waals surface area contributed by atoms with Crippen LogP contribution in [-0.2, 0) is 0 Å². The number of H-pyrrole nitrogens is 1. The zero-order valence-electron chi connectivity index (χ0n) is 17.4. The first-order valence-electron chi connectivity index (χ1n) is 10.3. The van der Waals surface area contributed by atoms with Gasteiger partial charge in [0.2, 0.25) is 0 Å². The van der Waals surface area contributed by atoms with Gasteiger partial charge in [-0.25, -0.2) is 8.78 Å². The topological polar surface area (TPSA) is 52.5 Å². The summed E-state index contributed by atoms with van der Waals surface area (Å²) in [6.07, 6.45) is 3.82. The van der Waals surface area contributed by atoms with Gasteiger partial charge in [0, 0.05) is 41.5 Å². The van der Waals surface area contributed by atoms with Gasteiger partial charge in [-0.15, -0.1) is 5.11 Å². The fraction of sp³-hybridized carbons (Fsp3) is 0.333. The molecule has 0 fully saturated rings. The summed E-state index contributed by atoms with van der Waals surface area (Å²) in [5.74, 6) is 0.304. The van der Waals surface area contributed by atoms with E-state index in [4.69, 9.17) is 0 Å². The lowest BCUT2D eigenvalue weighted by molar-refractivity contribution is 0.485. The van der Waals surface area contributed by atoms with Crippen LogP contribution in [0.25, 0.3) is 0 Å². The van der Waals surface area contributed by atoms with E-state index in [1.54, 1.807) is 7.05 Å². The lowest BCUT2D eigenvalue weighted by Gasteiger charge is -2.22. The predicted octanol–water partition coefficient (Wildman–Crippen LogP) is 7.09. The van der Waals surface area contributed by atoms with Gasteiger partial charge >= 0.3 is 0 Å². The summed E-state index contributed by atoms with van der Waals surface area (Å²) in [5, 5.41) is 11.8. The number of halogens is 2. The van der Waals surface area contributed by atoms with E-state index in [1.165, 1.54) is 12.1 Å². The number of para-hydroxylation sites is 1. The maximum Gasteiger partial charge on any atom is 0.156 e. The molecule has 3 aromatic rings. The number of rotatable bonds is 5. The molecule has 6 heteroatoms. The summed E-state index contributed by atoms with van der Waals surface area (Å²) in [6, 6.07) is 11.1. The Bertz CT molecular complexity index is 1070. The van der Waals surface area contributed by atoms with Crippen LogP contribution in [0.1, 0.15) is 60.9 Å². The molecular formula is C24H26F2N4. The van der Waals surface area contributed by atoms with Gasteiger partial charge in [-0.05, 0) is 42.2 Å². The van der Waals surface area contributed by atoms with Crippen LogP contribution >= 0.6 is 0 Å². The number of nitrogens with zero attached hydrogens (tertiary/aromatic N) is 2. The molecule has 3 unspecified atom stereocenters. The minimum atomic E-state index is -0.546. The number of azo groups is 1. The van der Waals surface area contributed by atoms with Crippen LogP contribution in [0.5, 0.6) is 0 Å². The average Bonchev–Trinajstić information content (AvgIpc) is 3.10. The van der Waals surface area contributed by atoms with Crippen LogP contribution < -0.4 is 5.32 Å². The highest BCUT2D eigenvalue weighted by atomic mass is 19.1. The molecule has 30 heavy (non-hydrogen) atoms. The molecule has 0 spiro atoms. The number of hydrogen-bond acceptors (Lipinski definition) is 3. The van der Waals surface area contributed by atoms with Crippen molar-refractivity contribution in [2.24, 2.45) is 16.1 Å². The van der Waals surface area contributed by atoms with Gasteiger partial charge in [-0.2, -0.15) is 5.11 Å². The highest BCUT2D eigenvalue weighted by molar-refractivity contribution is 5.66. The number of hydrogen-bond donors (Lipinski definition) is 2. The second-order valence-corrected chi connectivity index (χ2v) is 7.94. The minimum absolute atomic E-state index is 0.0621. The fourth-order valence-electron chi connectivity index (χ4n) is 4.34. The predicted molar refractivity (Wildman–Crippen MR) is 115 cm³/mol. The van der Waals surface area contributed by atoms with E-state index < -0.39 is 17.7 Å². The Morgan fingerprint density at radius 1 is 1.07 bits per heavy atom. The number of nitrogens with one attached hydrogen (secondary N) is 2. The smallest absolute Gasteiger partial charge is 0.156 e. The van der Waals surface area contributed by atoms with Crippen LogP contribution in [0.15, 0.2) is 58.9 Å². The highest BCUT2D eigenvalue weighted by Gasteiger charge is 2.34. The Hall–Kier alpha value is -3.02. The van der Waals surface area contributed by atoms with Gasteiger partial charge in [0.15, 0.2) is 5.82 Å². The molecular weight excluding hydrogens is 382 g/mol. The molecule has 2 N–H and O–H groups in total. The van der Waals surface area contributed by atoms with Gasteiger partial charge < -0.3 is 10.3 Å². The molecule has 156 valence electrons. The summed E-state index contributed by atoms with van der Waals surface area (Å²) in [6.45, 7) is 4.42. The average molecular weight is 408 g/mol. The van der Waals surface area contributed by atoms with E-state index in [1.807, 2.05) is 24.4 Å². The Morgan fingerprint density at radius 2 is 1.87 bits per heavy atom. The molecule has 0 saturated heterocycles. The Labute approximate surface area is 175 Å². The third kappa shape index (κ3) is 3.62. The zero-order valence-corrected chi connectivity index (χ0v) is 17.4. The molecule has 1 aromatic heterocycles. The normalized spacial score (nSPS) is 19.1. The zero-order chi connectivity index (χ0) is 21.3. The molecule has 2 aromatic carbocycles. The van der Waals surface area contributed by atoms with E-state index >= 15 is 0 Å². The molecule has 0 amide bonds. The third-order valence-corrected chi connectivity index (χ3v) is 6.03. The summed E-state index contributed by atoms with van der Waals surface area (Å²) >= 11 is 0. The van der Waals surface area contributed by atoms with E-state index in [2.05, 4.69) is 40.4 Å². The SMILES string of the molecule is CCC(C)CC1c2ccccc2NC(c2cc(F)ccc2F)c2c[nH]c(N=NC)c21. The van der Waals surface area contributed by atoms with Crippen molar-refractivity contribution < 1.29 is 8.78 Å². The highest BCUT2D eigenvalue weighted by Crippen LogP contribution is 2.48. The fourth-order valence-corrected chi connectivity index (χ4v) is 4.34. The van der Waals surface area contributed by atoms with Crippen molar-refractivity contribution >= 4 is 11.5 Å². The molecule has 0 saturated carbocycles. The maximum absolute atomic E-state index is 14.8. The summed E-state index contributed by atoms with van der Waals surface area (Å²) in [5.41, 5.74) is 4.19. The number of fused-ring (bicyclic) bond motifs is 2. The number of aromatic nitrogens is 1. The maximum atomic E-state index is 14.8. The van der Waals surface area contributed by atoms with Crippen molar-refractivity contribution in [3.05, 3.63) is 82.5 Å². The number of benzene rings is 2. The molecule has 0 aliphatic carbocycles. The van der Waals surface area contributed by atoms with Crippen LogP contribution in [0.2, 0.25) is 0 Å². The lowest BCUT2D eigenvalue weighted by Crippen LogP contribution is -2.14. The first kappa shape index (κ1) is 20.3. The van der Waals surface area contributed by atoms with Gasteiger partial charge in [0.1, 0.15) is 11.6 Å². The first-order chi connectivity index (χ1) is 14.5. The molecule has 0 bridgehead atoms. The molecule has 3 atom stereocenters. The van der Waals surface area contributed by atoms with Gasteiger partial charge in [0.05, 0.1) is 6.04 Å². The van der Waals surface area contributed by atoms with Crippen LogP contribution in [0.4, 0.5) is 20.3 Å². The van der Waals surface area contributed by atoms with Crippen molar-refractivity contribution in [1.82, 2.24) is 4.98 Å². The monoisotopic (exact) mass is 408 g/mol. The standard InChI is InChI=1S/C24H26F2N4/c1-4-14(2)11-17-16-7-5-6-8-21(16)29-23(18-12-15(25)9-10-20(18)26)19-13-28-24(22(17)19)30-27-3/h5-10,12-14,17,23,28-29H,4,11H2,1-3H3. The molecule has 4 nitrogen and oxygen atoms in total. The van der Waals surface area contributed by atoms with Gasteiger partial charge in [-0.1, -0.05) is 38.5 Å². The van der Waals surface area contributed by atoms with Crippen molar-refractivity contribution in [3.63, 3.8) is 0 Å². The molecule has 2 heterocycles. The van der Waals surface area contributed by atoms with Crippen LogP contribution in [0.3, 0.4) is 0 Å². The summed E-state index contributed by atoms with van der Waals surface area (Å²) in [7, 11) is 1.63. The van der Waals surface area contributed by atoms with E-state index in [-0.39, 0.29) is 11.5 Å². The van der Waals surface area contributed by atoms with Crippen molar-refractivity contribution in [1.29, 1.82) is 0 Å². The first-order valence-corrected chi connectivity index (χ1v) is 10.3.